The topological polar surface area (TPSA) is 122 Å². The molecule has 2 unspecified atom stereocenters. The molecule has 0 aliphatic carbocycles. The predicted octanol–water partition coefficient (Wildman–Crippen LogP) is 2.58. The minimum absolute atomic E-state index is 0.0468. The molecule has 0 aliphatic rings. The van der Waals surface area contributed by atoms with E-state index in [-0.39, 0.29) is 19.6 Å². The number of hydrogen-bond acceptors (Lipinski definition) is 6. The molecule has 0 aliphatic heterocycles. The molecular formula is C18H18F2N2O6. The lowest BCUT2D eigenvalue weighted by Gasteiger charge is -2.19. The number of carbonyl (C=O) groups excluding carboxylic acids is 1. The Bertz CT molecular complexity index is 834. The van der Waals surface area contributed by atoms with Gasteiger partial charge in [-0.15, -0.1) is 0 Å². The van der Waals surface area contributed by atoms with Crippen molar-refractivity contribution < 1.29 is 33.4 Å². The van der Waals surface area contributed by atoms with E-state index in [0.717, 1.165) is 5.56 Å². The molecule has 150 valence electrons. The monoisotopic (exact) mass is 396 g/mol. The molecule has 0 radical (unpaired) electrons. The van der Waals surface area contributed by atoms with Crippen LogP contribution in [0.4, 0.5) is 19.3 Å². The van der Waals surface area contributed by atoms with Crippen molar-refractivity contribution in [3.8, 4) is 0 Å². The molecule has 0 fully saturated rings. The number of nitro benzene ring substituents is 1. The Hall–Kier alpha value is -3.11. The van der Waals surface area contributed by atoms with Crippen molar-refractivity contribution in [2.75, 3.05) is 6.54 Å². The van der Waals surface area contributed by atoms with Gasteiger partial charge in [0.15, 0.2) is 0 Å². The molecule has 0 spiro atoms. The van der Waals surface area contributed by atoms with Crippen molar-refractivity contribution in [1.29, 1.82) is 0 Å². The molecule has 8 nitrogen and oxygen atoms in total. The van der Waals surface area contributed by atoms with Crippen molar-refractivity contribution in [3.05, 3.63) is 75.3 Å². The Morgan fingerprint density at radius 1 is 1.18 bits per heavy atom. The van der Waals surface area contributed by atoms with Crippen LogP contribution in [0, 0.1) is 21.7 Å². The van der Waals surface area contributed by atoms with E-state index in [2.05, 4.69) is 5.32 Å². The normalized spacial score (nSPS) is 12.9. The fourth-order valence-corrected chi connectivity index (χ4v) is 2.38. The van der Waals surface area contributed by atoms with Gasteiger partial charge in [-0.05, 0) is 18.1 Å². The summed E-state index contributed by atoms with van der Waals surface area (Å²) in [6.07, 6.45) is -4.33. The van der Waals surface area contributed by atoms with Gasteiger partial charge in [0.25, 0.3) is 0 Å². The second kappa shape index (κ2) is 9.72. The Morgan fingerprint density at radius 2 is 1.86 bits per heavy atom. The number of rotatable bonds is 8. The van der Waals surface area contributed by atoms with E-state index in [1.165, 1.54) is 0 Å². The number of halogens is 2. The highest BCUT2D eigenvalue weighted by Gasteiger charge is 2.26. The van der Waals surface area contributed by atoms with Crippen LogP contribution in [-0.4, -0.2) is 33.9 Å². The predicted molar refractivity (Wildman–Crippen MR) is 93.2 cm³/mol. The summed E-state index contributed by atoms with van der Waals surface area (Å²) >= 11 is 0. The molecule has 2 rings (SSSR count). The number of nitro groups is 1. The van der Waals surface area contributed by atoms with Crippen molar-refractivity contribution in [1.82, 2.24) is 5.32 Å². The van der Waals surface area contributed by atoms with E-state index in [4.69, 9.17) is 4.74 Å². The lowest BCUT2D eigenvalue weighted by atomic mass is 10.0. The van der Waals surface area contributed by atoms with Crippen molar-refractivity contribution in [2.45, 2.75) is 25.2 Å². The second-order valence-corrected chi connectivity index (χ2v) is 5.87. The standard InChI is InChI=1S/C18H18F2N2O6/c19-13-9-15(22(26)27)14(20)8-12(13)17(24)16(23)6-7-21-18(25)28-10-11-4-2-1-3-5-11/h1-5,8-9,16-17,23-24H,6-7,10H2,(H,21,25). The second-order valence-electron chi connectivity index (χ2n) is 5.87. The molecule has 0 saturated heterocycles. The maximum atomic E-state index is 13.9. The summed E-state index contributed by atoms with van der Waals surface area (Å²) in [5, 5.41) is 32.8. The minimum atomic E-state index is -1.84. The molecule has 2 aromatic rings. The fraction of sp³-hybridized carbons (Fsp3) is 0.278. The zero-order valence-electron chi connectivity index (χ0n) is 14.5. The van der Waals surface area contributed by atoms with Gasteiger partial charge in [0.1, 0.15) is 18.5 Å². The van der Waals surface area contributed by atoms with Crippen LogP contribution in [0.2, 0.25) is 0 Å². The quantitative estimate of drug-likeness (QED) is 0.466. The molecular weight excluding hydrogens is 378 g/mol. The first kappa shape index (κ1) is 21.2. The summed E-state index contributed by atoms with van der Waals surface area (Å²) in [5.74, 6) is -2.56. The number of carbonyl (C=O) groups is 1. The summed E-state index contributed by atoms with van der Waals surface area (Å²) < 4.78 is 32.5. The molecule has 2 atom stereocenters. The highest BCUT2D eigenvalue weighted by Crippen LogP contribution is 2.27. The molecule has 10 heteroatoms. The fourth-order valence-electron chi connectivity index (χ4n) is 2.38. The highest BCUT2D eigenvalue weighted by atomic mass is 19.1. The third kappa shape index (κ3) is 5.69. The van der Waals surface area contributed by atoms with E-state index in [1.807, 2.05) is 6.07 Å². The Morgan fingerprint density at radius 3 is 2.50 bits per heavy atom. The first-order valence-electron chi connectivity index (χ1n) is 8.23. The number of nitrogens with zero attached hydrogens (tertiary/aromatic N) is 1. The Balaban J connectivity index is 1.84. The summed E-state index contributed by atoms with van der Waals surface area (Å²) in [7, 11) is 0. The third-order valence-electron chi connectivity index (χ3n) is 3.87. The third-order valence-corrected chi connectivity index (χ3v) is 3.87. The maximum absolute atomic E-state index is 13.9. The number of aliphatic hydroxyl groups excluding tert-OH is 2. The van der Waals surface area contributed by atoms with Gasteiger partial charge >= 0.3 is 11.8 Å². The summed E-state index contributed by atoms with van der Waals surface area (Å²) in [5.41, 5.74) is -0.920. The van der Waals surface area contributed by atoms with Crippen molar-refractivity contribution >= 4 is 11.8 Å². The number of ether oxygens (including phenoxy) is 1. The number of amides is 1. The van der Waals surface area contributed by atoms with E-state index in [1.54, 1.807) is 24.3 Å². The van der Waals surface area contributed by atoms with E-state index >= 15 is 0 Å². The molecule has 0 bridgehead atoms. The molecule has 0 saturated carbocycles. The van der Waals surface area contributed by atoms with Crippen molar-refractivity contribution in [3.63, 3.8) is 0 Å². The summed E-state index contributed by atoms with van der Waals surface area (Å²) in [4.78, 5) is 21.1. The van der Waals surface area contributed by atoms with E-state index in [0.29, 0.717) is 12.1 Å². The average molecular weight is 396 g/mol. The van der Waals surface area contributed by atoms with Gasteiger partial charge in [0.05, 0.1) is 17.1 Å². The van der Waals surface area contributed by atoms with Crippen LogP contribution < -0.4 is 5.32 Å². The van der Waals surface area contributed by atoms with Gasteiger partial charge in [0.2, 0.25) is 5.82 Å². The van der Waals surface area contributed by atoms with Gasteiger partial charge in [-0.2, -0.15) is 4.39 Å². The Kier molecular flexibility index (Phi) is 7.36. The number of aliphatic hydroxyl groups is 2. The van der Waals surface area contributed by atoms with Gasteiger partial charge < -0.3 is 20.3 Å². The van der Waals surface area contributed by atoms with Crippen LogP contribution in [0.3, 0.4) is 0 Å². The van der Waals surface area contributed by atoms with Crippen LogP contribution in [0.15, 0.2) is 42.5 Å². The molecule has 3 N–H and O–H groups in total. The molecule has 0 aromatic heterocycles. The summed E-state index contributed by atoms with van der Waals surface area (Å²) in [6, 6.07) is 9.72. The SMILES string of the molecule is O=C(NCCC(O)C(O)c1cc(F)c([N+](=O)[O-])cc1F)OCc1ccccc1. The number of hydrogen-bond donors (Lipinski definition) is 3. The Labute approximate surface area is 158 Å². The zero-order valence-corrected chi connectivity index (χ0v) is 14.5. The first-order chi connectivity index (χ1) is 13.3. The van der Waals surface area contributed by atoms with Gasteiger partial charge in [0, 0.05) is 12.1 Å². The molecule has 2 aromatic carbocycles. The van der Waals surface area contributed by atoms with Gasteiger partial charge in [-0.1, -0.05) is 30.3 Å². The highest BCUT2D eigenvalue weighted by molar-refractivity contribution is 5.67. The minimum Gasteiger partial charge on any atom is -0.445 e. The first-order valence-corrected chi connectivity index (χ1v) is 8.23. The van der Waals surface area contributed by atoms with E-state index < -0.39 is 46.1 Å². The van der Waals surface area contributed by atoms with Crippen LogP contribution in [0.1, 0.15) is 23.7 Å². The lowest BCUT2D eigenvalue weighted by molar-refractivity contribution is -0.387. The van der Waals surface area contributed by atoms with Crippen LogP contribution in [-0.2, 0) is 11.3 Å². The zero-order chi connectivity index (χ0) is 20.7. The number of alkyl carbamates (subject to hydrolysis) is 1. The van der Waals surface area contributed by atoms with Gasteiger partial charge in [-0.3, -0.25) is 10.1 Å². The summed E-state index contributed by atoms with van der Waals surface area (Å²) in [6.45, 7) is -0.0614. The molecule has 1 amide bonds. The number of nitrogens with one attached hydrogen (secondary N) is 1. The smallest absolute Gasteiger partial charge is 0.407 e. The van der Waals surface area contributed by atoms with E-state index in [9.17, 15) is 33.9 Å². The largest absolute Gasteiger partial charge is 0.445 e. The molecule has 0 heterocycles. The lowest BCUT2D eigenvalue weighted by Crippen LogP contribution is -2.30. The molecule has 28 heavy (non-hydrogen) atoms. The van der Waals surface area contributed by atoms with Crippen LogP contribution in [0.25, 0.3) is 0 Å². The van der Waals surface area contributed by atoms with Crippen LogP contribution in [0.5, 0.6) is 0 Å². The average Bonchev–Trinajstić information content (AvgIpc) is 2.67. The maximum Gasteiger partial charge on any atom is 0.407 e. The number of benzene rings is 2. The van der Waals surface area contributed by atoms with Crippen LogP contribution >= 0.6 is 0 Å². The van der Waals surface area contributed by atoms with Crippen molar-refractivity contribution in [2.24, 2.45) is 0 Å². The van der Waals surface area contributed by atoms with Gasteiger partial charge in [-0.25, -0.2) is 9.18 Å².